The molecule has 2 unspecified atom stereocenters. The Hall–Kier alpha value is -1.68. The molecule has 1 aromatic rings. The first-order valence-corrected chi connectivity index (χ1v) is 7.54. The molecule has 2 aliphatic carbocycles. The Morgan fingerprint density at radius 2 is 2.14 bits per heavy atom. The summed E-state index contributed by atoms with van der Waals surface area (Å²) in [4.78, 5) is 3.35. The molecule has 1 aromatic heterocycles. The molecule has 0 fully saturated rings. The SMILES string of the molecule is COCOC1=C(OC)CC(C2C=Cc3cc[nH]c3C2)CC1. The fourth-order valence-corrected chi connectivity index (χ4v) is 3.36. The van der Waals surface area contributed by atoms with E-state index in [-0.39, 0.29) is 0 Å². The second-order valence-corrected chi connectivity index (χ2v) is 5.74. The number of hydrogen-bond acceptors (Lipinski definition) is 3. The van der Waals surface area contributed by atoms with Gasteiger partial charge in [0.1, 0.15) is 11.5 Å². The summed E-state index contributed by atoms with van der Waals surface area (Å²) in [5, 5.41) is 0. The summed E-state index contributed by atoms with van der Waals surface area (Å²) in [6.45, 7) is 0.294. The van der Waals surface area contributed by atoms with E-state index in [1.807, 2.05) is 6.20 Å². The topological polar surface area (TPSA) is 43.5 Å². The van der Waals surface area contributed by atoms with Gasteiger partial charge in [0.05, 0.1) is 7.11 Å². The van der Waals surface area contributed by atoms with E-state index in [1.54, 1.807) is 14.2 Å². The average Bonchev–Trinajstić information content (AvgIpc) is 3.00. The Balaban J connectivity index is 1.68. The molecule has 114 valence electrons. The number of nitrogens with one attached hydrogen (secondary N) is 1. The summed E-state index contributed by atoms with van der Waals surface area (Å²) in [6, 6.07) is 2.14. The zero-order valence-corrected chi connectivity index (χ0v) is 12.7. The van der Waals surface area contributed by atoms with Gasteiger partial charge in [-0.2, -0.15) is 0 Å². The molecule has 4 nitrogen and oxygen atoms in total. The minimum absolute atomic E-state index is 0.294. The van der Waals surface area contributed by atoms with Gasteiger partial charge in [0.15, 0.2) is 6.79 Å². The lowest BCUT2D eigenvalue weighted by Gasteiger charge is -2.31. The third-order valence-corrected chi connectivity index (χ3v) is 4.54. The Morgan fingerprint density at radius 3 is 2.95 bits per heavy atom. The monoisotopic (exact) mass is 289 g/mol. The van der Waals surface area contributed by atoms with Gasteiger partial charge in [-0.3, -0.25) is 0 Å². The van der Waals surface area contributed by atoms with E-state index in [2.05, 4.69) is 23.2 Å². The minimum Gasteiger partial charge on any atom is -0.498 e. The van der Waals surface area contributed by atoms with Crippen LogP contribution in [0.4, 0.5) is 0 Å². The van der Waals surface area contributed by atoms with E-state index in [0.717, 1.165) is 37.2 Å². The van der Waals surface area contributed by atoms with Crippen LogP contribution in [0.25, 0.3) is 6.08 Å². The fourth-order valence-electron chi connectivity index (χ4n) is 3.36. The van der Waals surface area contributed by atoms with Crippen LogP contribution in [-0.2, 0) is 20.6 Å². The van der Waals surface area contributed by atoms with Gasteiger partial charge in [0.2, 0.25) is 0 Å². The van der Waals surface area contributed by atoms with Crippen molar-refractivity contribution in [1.29, 1.82) is 0 Å². The molecule has 1 N–H and O–H groups in total. The molecule has 0 saturated carbocycles. The van der Waals surface area contributed by atoms with E-state index in [0.29, 0.717) is 18.6 Å². The molecule has 0 bridgehead atoms. The van der Waals surface area contributed by atoms with Crippen LogP contribution in [0.5, 0.6) is 0 Å². The van der Waals surface area contributed by atoms with Gasteiger partial charge in [-0.05, 0) is 36.3 Å². The maximum atomic E-state index is 5.62. The van der Waals surface area contributed by atoms with Gasteiger partial charge < -0.3 is 19.2 Å². The van der Waals surface area contributed by atoms with Crippen LogP contribution in [0.15, 0.2) is 29.9 Å². The van der Waals surface area contributed by atoms with Crippen molar-refractivity contribution in [3.63, 3.8) is 0 Å². The van der Waals surface area contributed by atoms with E-state index < -0.39 is 0 Å². The number of ether oxygens (including phenoxy) is 3. The highest BCUT2D eigenvalue weighted by Crippen LogP contribution is 2.38. The van der Waals surface area contributed by atoms with Crippen molar-refractivity contribution in [2.24, 2.45) is 11.8 Å². The Kier molecular flexibility index (Phi) is 4.34. The predicted molar refractivity (Wildman–Crippen MR) is 81.4 cm³/mol. The average molecular weight is 289 g/mol. The number of H-pyrrole nitrogens is 1. The van der Waals surface area contributed by atoms with Gasteiger partial charge in [0.25, 0.3) is 0 Å². The first-order chi connectivity index (χ1) is 10.3. The molecule has 0 saturated heterocycles. The van der Waals surface area contributed by atoms with Crippen LogP contribution >= 0.6 is 0 Å². The number of methoxy groups -OCH3 is 2. The van der Waals surface area contributed by atoms with Crippen molar-refractivity contribution >= 4 is 6.08 Å². The molecule has 0 aliphatic heterocycles. The quantitative estimate of drug-likeness (QED) is 0.844. The molecule has 0 aromatic carbocycles. The second kappa shape index (κ2) is 6.39. The van der Waals surface area contributed by atoms with Crippen LogP contribution in [0.1, 0.15) is 30.5 Å². The molecule has 4 heteroatoms. The highest BCUT2D eigenvalue weighted by Gasteiger charge is 2.30. The third kappa shape index (κ3) is 3.00. The molecule has 0 radical (unpaired) electrons. The molecule has 0 amide bonds. The van der Waals surface area contributed by atoms with Crippen molar-refractivity contribution in [2.75, 3.05) is 21.0 Å². The molecule has 2 aliphatic rings. The molecule has 0 spiro atoms. The van der Waals surface area contributed by atoms with Crippen LogP contribution in [0.2, 0.25) is 0 Å². The molecule has 21 heavy (non-hydrogen) atoms. The normalized spacial score (nSPS) is 24.9. The minimum atomic E-state index is 0.294. The molecular weight excluding hydrogens is 266 g/mol. The number of hydrogen-bond donors (Lipinski definition) is 1. The van der Waals surface area contributed by atoms with Gasteiger partial charge in [-0.25, -0.2) is 0 Å². The largest absolute Gasteiger partial charge is 0.498 e. The number of fused-ring (bicyclic) bond motifs is 1. The standard InChI is InChI=1S/C17H23NO3/c1-19-11-21-16-6-5-14(10-17(16)20-2)13-4-3-12-7-8-18-15(12)9-13/h3-4,7-8,13-14,18H,5-6,9-11H2,1-2H3. The summed E-state index contributed by atoms with van der Waals surface area (Å²) >= 11 is 0. The van der Waals surface area contributed by atoms with Crippen LogP contribution in [0, 0.1) is 11.8 Å². The van der Waals surface area contributed by atoms with Crippen molar-refractivity contribution in [2.45, 2.75) is 25.7 Å². The summed E-state index contributed by atoms with van der Waals surface area (Å²) in [7, 11) is 3.37. The van der Waals surface area contributed by atoms with Crippen LogP contribution in [-0.4, -0.2) is 26.0 Å². The van der Waals surface area contributed by atoms with Crippen LogP contribution < -0.4 is 0 Å². The van der Waals surface area contributed by atoms with Crippen LogP contribution in [0.3, 0.4) is 0 Å². The Bertz CT molecular complexity index is 544. The van der Waals surface area contributed by atoms with E-state index in [4.69, 9.17) is 14.2 Å². The van der Waals surface area contributed by atoms with Gasteiger partial charge in [-0.15, -0.1) is 0 Å². The van der Waals surface area contributed by atoms with E-state index >= 15 is 0 Å². The first kappa shape index (κ1) is 14.3. The number of allylic oxidation sites excluding steroid dienone is 3. The van der Waals surface area contributed by atoms with Crippen molar-refractivity contribution < 1.29 is 14.2 Å². The van der Waals surface area contributed by atoms with Crippen molar-refractivity contribution in [1.82, 2.24) is 4.98 Å². The van der Waals surface area contributed by atoms with Crippen molar-refractivity contribution in [3.05, 3.63) is 41.1 Å². The Labute approximate surface area is 125 Å². The zero-order chi connectivity index (χ0) is 14.7. The number of rotatable bonds is 5. The molecule has 1 heterocycles. The highest BCUT2D eigenvalue weighted by atomic mass is 16.7. The van der Waals surface area contributed by atoms with E-state index in [1.165, 1.54) is 11.3 Å². The third-order valence-electron chi connectivity index (χ3n) is 4.54. The fraction of sp³-hybridized carbons (Fsp3) is 0.529. The van der Waals surface area contributed by atoms with Gasteiger partial charge in [0, 0.05) is 31.8 Å². The van der Waals surface area contributed by atoms with E-state index in [9.17, 15) is 0 Å². The molecule has 2 atom stereocenters. The predicted octanol–water partition coefficient (Wildman–Crippen LogP) is 3.48. The maximum Gasteiger partial charge on any atom is 0.188 e. The maximum absolute atomic E-state index is 5.62. The number of aromatic nitrogens is 1. The lowest BCUT2D eigenvalue weighted by Crippen LogP contribution is -2.23. The molecular formula is C17H23NO3. The summed E-state index contributed by atoms with van der Waals surface area (Å²) < 4.78 is 16.2. The first-order valence-electron chi connectivity index (χ1n) is 7.54. The Morgan fingerprint density at radius 1 is 1.24 bits per heavy atom. The smallest absolute Gasteiger partial charge is 0.188 e. The summed E-state index contributed by atoms with van der Waals surface area (Å²) in [6.07, 6.45) is 10.7. The lowest BCUT2D eigenvalue weighted by atomic mass is 9.77. The van der Waals surface area contributed by atoms with Gasteiger partial charge >= 0.3 is 0 Å². The second-order valence-electron chi connectivity index (χ2n) is 5.74. The van der Waals surface area contributed by atoms with Crippen molar-refractivity contribution in [3.8, 4) is 0 Å². The molecule has 3 rings (SSSR count). The van der Waals surface area contributed by atoms with Gasteiger partial charge in [-0.1, -0.05) is 12.2 Å². The highest BCUT2D eigenvalue weighted by molar-refractivity contribution is 5.55. The summed E-state index contributed by atoms with van der Waals surface area (Å²) in [5.41, 5.74) is 2.68. The zero-order valence-electron chi connectivity index (χ0n) is 12.7. The summed E-state index contributed by atoms with van der Waals surface area (Å²) in [5.74, 6) is 3.12. The lowest BCUT2D eigenvalue weighted by molar-refractivity contribution is -0.00924. The number of aromatic amines is 1.